The van der Waals surface area contributed by atoms with E-state index in [1.54, 1.807) is 0 Å². The Morgan fingerprint density at radius 1 is 1.25 bits per heavy atom. The zero-order chi connectivity index (χ0) is 8.41. The summed E-state index contributed by atoms with van der Waals surface area (Å²) in [6.45, 7) is 11.8. The van der Waals surface area contributed by atoms with E-state index in [0.29, 0.717) is 5.92 Å². The molecule has 0 aliphatic carbocycles. The second-order valence-electron chi connectivity index (χ2n) is 2.42. The van der Waals surface area contributed by atoms with Crippen LogP contribution in [0.1, 0.15) is 39.5 Å². The molecule has 0 heterocycles. The molecule has 0 rings (SSSR count). The molecule has 0 saturated heterocycles. The van der Waals surface area contributed by atoms with Crippen LogP contribution in [-0.2, 0) is 0 Å². The molecule has 0 aromatic rings. The molecule has 0 amide bonds. The Bertz CT molecular complexity index is 53.8. The molecule has 72 valence electrons. The van der Waals surface area contributed by atoms with Gasteiger partial charge in [-0.2, -0.15) is 5.92 Å². The van der Waals surface area contributed by atoms with E-state index in [0.717, 1.165) is 10.2 Å². The minimum absolute atomic E-state index is 0. The van der Waals surface area contributed by atoms with Crippen LogP contribution in [0.3, 0.4) is 0 Å². The molecule has 0 aromatic heterocycles. The Morgan fingerprint density at radius 2 is 1.67 bits per heavy atom. The van der Waals surface area contributed by atoms with Crippen LogP contribution >= 0.6 is 12.4 Å². The van der Waals surface area contributed by atoms with Gasteiger partial charge < -0.3 is 13.5 Å². The number of halogens is 1. The number of hydrogen-bond acceptors (Lipinski definition) is 0. The molecule has 0 aliphatic rings. The third-order valence-electron chi connectivity index (χ3n) is 1.54. The fourth-order valence-electron chi connectivity index (χ4n) is 0.697. The van der Waals surface area contributed by atoms with Crippen molar-refractivity contribution in [2.75, 3.05) is 0 Å². The zero-order valence-corrected chi connectivity index (χ0v) is 13.2. The summed E-state index contributed by atoms with van der Waals surface area (Å²) in [6, 6.07) is 0. The number of rotatable bonds is 4. The van der Waals surface area contributed by atoms with Gasteiger partial charge in [0.2, 0.25) is 0 Å². The van der Waals surface area contributed by atoms with Gasteiger partial charge in [0.15, 0.2) is 0 Å². The molecule has 12 heavy (non-hydrogen) atoms. The van der Waals surface area contributed by atoms with Gasteiger partial charge in [-0.15, -0.1) is 22.6 Å². The first kappa shape index (κ1) is 23.3. The third kappa shape index (κ3) is 22.5. The van der Waals surface area contributed by atoms with Crippen LogP contribution < -0.4 is 0 Å². The van der Waals surface area contributed by atoms with Crippen molar-refractivity contribution in [3.05, 3.63) is 13.5 Å². The summed E-state index contributed by atoms with van der Waals surface area (Å²) >= 11 is 0. The monoisotopic (exact) mass is 218 g/mol. The summed E-state index contributed by atoms with van der Waals surface area (Å²) in [5.74, 6) is 0.704. The molecule has 0 N–H and O–H groups in total. The smallest absolute Gasteiger partial charge is 0.351 e. The normalized spacial score (nSPS) is 10.0. The predicted molar refractivity (Wildman–Crippen MR) is 67.0 cm³/mol. The van der Waals surface area contributed by atoms with E-state index in [-0.39, 0.29) is 35.5 Å². The molecule has 0 nitrogen and oxygen atoms in total. The average molecular weight is 219 g/mol. The Hall–Kier alpha value is 1.27. The van der Waals surface area contributed by atoms with E-state index in [1.807, 2.05) is 0 Å². The van der Waals surface area contributed by atoms with Crippen molar-refractivity contribution >= 4 is 45.7 Å². The average Bonchev–Trinajstić information content (AvgIpc) is 2.04. The standard InChI is InChI=1S/C8H17.CH5Si.ClH.Mg/c1-4-6-7-8(3)5-2;1-2;;/h8H,3-7H2,1-2H3;1H2,2H3;1H;/q2*-1;;+2. The predicted octanol–water partition coefficient (Wildman–Crippen LogP) is 2.22. The summed E-state index contributed by atoms with van der Waals surface area (Å²) in [4.78, 5) is 0. The molecule has 0 aliphatic heterocycles. The molecule has 0 radical (unpaired) electrons. The maximum absolute atomic E-state index is 3.99. The fourth-order valence-corrected chi connectivity index (χ4v) is 0.697. The number of hydrogen-bond donors (Lipinski definition) is 0. The van der Waals surface area contributed by atoms with E-state index in [4.69, 9.17) is 0 Å². The van der Waals surface area contributed by atoms with Gasteiger partial charge in [-0.3, -0.25) is 0 Å². The van der Waals surface area contributed by atoms with Gasteiger partial charge in [-0.1, -0.05) is 39.5 Å². The Labute approximate surface area is 104 Å². The van der Waals surface area contributed by atoms with Crippen molar-refractivity contribution in [2.24, 2.45) is 5.92 Å². The van der Waals surface area contributed by atoms with Crippen LogP contribution in [-0.4, -0.2) is 33.3 Å². The molecule has 3 heteroatoms. The molecule has 0 bridgehead atoms. The van der Waals surface area contributed by atoms with E-state index >= 15 is 0 Å². The molecule has 1 atom stereocenters. The van der Waals surface area contributed by atoms with Crippen LogP contribution in [0.5, 0.6) is 0 Å². The van der Waals surface area contributed by atoms with Crippen molar-refractivity contribution in [1.82, 2.24) is 0 Å². The summed E-state index contributed by atoms with van der Waals surface area (Å²) < 4.78 is 0. The van der Waals surface area contributed by atoms with Gasteiger partial charge in [0.1, 0.15) is 0 Å². The second-order valence-corrected chi connectivity index (χ2v) is 2.42. The van der Waals surface area contributed by atoms with E-state index in [9.17, 15) is 0 Å². The van der Waals surface area contributed by atoms with Gasteiger partial charge in [0.25, 0.3) is 0 Å². The van der Waals surface area contributed by atoms with Gasteiger partial charge in [0, 0.05) is 0 Å². The van der Waals surface area contributed by atoms with Gasteiger partial charge in [0.05, 0.1) is 0 Å². The summed E-state index contributed by atoms with van der Waals surface area (Å²) in [5, 5.41) is 0. The largest absolute Gasteiger partial charge is 2.00 e. The second kappa shape index (κ2) is 22.8. The Balaban J connectivity index is -0.0000000740. The van der Waals surface area contributed by atoms with Gasteiger partial charge >= 0.3 is 23.1 Å². The first-order valence-electron chi connectivity index (χ1n) is 4.35. The van der Waals surface area contributed by atoms with E-state index < -0.39 is 0 Å². The maximum Gasteiger partial charge on any atom is 2.00 e. The van der Waals surface area contributed by atoms with Crippen molar-refractivity contribution in [2.45, 2.75) is 39.5 Å². The Kier molecular flexibility index (Phi) is 44.2. The zero-order valence-electron chi connectivity index (χ0n) is 8.94. The quantitative estimate of drug-likeness (QED) is 0.502. The third-order valence-corrected chi connectivity index (χ3v) is 1.54. The molecule has 0 fully saturated rings. The van der Waals surface area contributed by atoms with Crippen molar-refractivity contribution in [1.29, 1.82) is 0 Å². The molecule has 0 saturated carbocycles. The fraction of sp³-hybridized carbons (Fsp3) is 0.778. The SMILES string of the molecule is Cl.[CH2-]C(CC)CCCC.[CH2-][SiH3].[Mg+2]. The van der Waals surface area contributed by atoms with Crippen LogP contribution in [0.2, 0.25) is 0 Å². The minimum atomic E-state index is 0. The molecule has 0 spiro atoms. The molecule has 0 aromatic carbocycles. The van der Waals surface area contributed by atoms with Crippen molar-refractivity contribution < 1.29 is 0 Å². The van der Waals surface area contributed by atoms with Gasteiger partial charge in [-0.05, 0) is 0 Å². The first-order chi connectivity index (χ1) is 4.81. The summed E-state index contributed by atoms with van der Waals surface area (Å²) in [7, 11) is 1.06. The van der Waals surface area contributed by atoms with Crippen LogP contribution in [0.25, 0.3) is 0 Å². The van der Waals surface area contributed by atoms with Crippen molar-refractivity contribution in [3.63, 3.8) is 0 Å². The van der Waals surface area contributed by atoms with E-state index in [2.05, 4.69) is 27.3 Å². The molecular weight excluding hydrogens is 196 g/mol. The van der Waals surface area contributed by atoms with Gasteiger partial charge in [-0.25, -0.2) is 0 Å². The maximum atomic E-state index is 3.99. The van der Waals surface area contributed by atoms with Crippen LogP contribution in [0, 0.1) is 19.4 Å². The minimum Gasteiger partial charge on any atom is -0.351 e. The first-order valence-corrected chi connectivity index (χ1v) is 5.76. The topological polar surface area (TPSA) is 0 Å². The summed E-state index contributed by atoms with van der Waals surface area (Å²) in [5.41, 5.74) is 0. The number of unbranched alkanes of at least 4 members (excludes halogenated alkanes) is 1. The Morgan fingerprint density at radius 3 is 1.92 bits per heavy atom. The van der Waals surface area contributed by atoms with Crippen LogP contribution in [0.15, 0.2) is 0 Å². The summed E-state index contributed by atoms with van der Waals surface area (Å²) in [6.07, 6.45) is 5.21. The van der Waals surface area contributed by atoms with Crippen molar-refractivity contribution in [3.8, 4) is 0 Å². The van der Waals surface area contributed by atoms with Crippen LogP contribution in [0.4, 0.5) is 0 Å². The molecule has 1 unspecified atom stereocenters. The van der Waals surface area contributed by atoms with E-state index in [1.165, 1.54) is 25.7 Å². The molecular formula is C9H23ClMgSi.